The predicted molar refractivity (Wildman–Crippen MR) is 68.4 cm³/mol. The van der Waals surface area contributed by atoms with Gasteiger partial charge in [-0.2, -0.15) is 0 Å². The van der Waals surface area contributed by atoms with Crippen LogP contribution in [0.25, 0.3) is 0 Å². The van der Waals surface area contributed by atoms with Gasteiger partial charge in [0.25, 0.3) is 0 Å². The smallest absolute Gasteiger partial charge is 0.224 e. The highest BCUT2D eigenvalue weighted by atomic mass is 16.1. The molecule has 3 nitrogen and oxygen atoms in total. The number of hydrogen-bond acceptors (Lipinski definition) is 2. The normalized spacial score (nSPS) is 24.2. The van der Waals surface area contributed by atoms with Gasteiger partial charge >= 0.3 is 0 Å². The van der Waals surface area contributed by atoms with Crippen LogP contribution < -0.4 is 11.1 Å². The van der Waals surface area contributed by atoms with Crippen molar-refractivity contribution in [2.24, 2.45) is 17.6 Å². The van der Waals surface area contributed by atoms with E-state index in [9.17, 15) is 4.79 Å². The fourth-order valence-electron chi connectivity index (χ4n) is 2.42. The molecule has 1 aromatic carbocycles. The molecule has 0 saturated heterocycles. The van der Waals surface area contributed by atoms with Crippen molar-refractivity contribution in [3.05, 3.63) is 35.4 Å². The van der Waals surface area contributed by atoms with E-state index in [4.69, 9.17) is 5.73 Å². The largest absolute Gasteiger partial charge is 0.349 e. The molecule has 0 spiro atoms. The topological polar surface area (TPSA) is 55.1 Å². The van der Waals surface area contributed by atoms with Gasteiger partial charge < -0.3 is 11.1 Å². The molecule has 0 heterocycles. The lowest BCUT2D eigenvalue weighted by Gasteiger charge is -2.20. The number of benzene rings is 1. The number of carbonyl (C=O) groups is 1. The van der Waals surface area contributed by atoms with Crippen LogP contribution in [0.1, 0.15) is 31.0 Å². The van der Waals surface area contributed by atoms with E-state index >= 15 is 0 Å². The minimum absolute atomic E-state index is 0.0565. The first kappa shape index (κ1) is 12.1. The van der Waals surface area contributed by atoms with E-state index in [1.165, 1.54) is 11.1 Å². The van der Waals surface area contributed by atoms with Gasteiger partial charge in [-0.25, -0.2) is 0 Å². The average molecular weight is 232 g/mol. The molecular formula is C14H20N2O. The molecule has 0 fully saturated rings. The lowest BCUT2D eigenvalue weighted by Crippen LogP contribution is -2.37. The van der Waals surface area contributed by atoms with Crippen molar-refractivity contribution in [1.29, 1.82) is 0 Å². The van der Waals surface area contributed by atoms with E-state index in [0.717, 1.165) is 6.42 Å². The van der Waals surface area contributed by atoms with Crippen LogP contribution in [0.4, 0.5) is 0 Å². The summed E-state index contributed by atoms with van der Waals surface area (Å²) >= 11 is 0. The maximum atomic E-state index is 11.9. The monoisotopic (exact) mass is 232 g/mol. The van der Waals surface area contributed by atoms with Gasteiger partial charge in [-0.1, -0.05) is 38.1 Å². The molecule has 1 amide bonds. The van der Waals surface area contributed by atoms with Gasteiger partial charge in [0.05, 0.1) is 6.04 Å². The molecule has 3 N–H and O–H groups in total. The summed E-state index contributed by atoms with van der Waals surface area (Å²) in [5.41, 5.74) is 8.13. The van der Waals surface area contributed by atoms with Crippen LogP contribution >= 0.6 is 0 Å². The molecule has 92 valence electrons. The Morgan fingerprint density at radius 3 is 2.94 bits per heavy atom. The predicted octanol–water partition coefficient (Wildman–Crippen LogP) is 1.63. The van der Waals surface area contributed by atoms with Crippen LogP contribution in [0, 0.1) is 11.8 Å². The first-order chi connectivity index (χ1) is 8.13. The molecule has 1 aliphatic carbocycles. The Morgan fingerprint density at radius 1 is 1.53 bits per heavy atom. The van der Waals surface area contributed by atoms with Crippen LogP contribution in [0.15, 0.2) is 24.3 Å². The van der Waals surface area contributed by atoms with Crippen molar-refractivity contribution in [3.8, 4) is 0 Å². The SMILES string of the molecule is CC(CN)C(=O)NC1c2ccccc2CC1C. The van der Waals surface area contributed by atoms with Crippen molar-refractivity contribution in [1.82, 2.24) is 5.32 Å². The van der Waals surface area contributed by atoms with Crippen LogP contribution in [0.5, 0.6) is 0 Å². The van der Waals surface area contributed by atoms with E-state index in [1.54, 1.807) is 0 Å². The lowest BCUT2D eigenvalue weighted by molar-refractivity contribution is -0.125. The molecule has 0 bridgehead atoms. The molecule has 3 atom stereocenters. The summed E-state index contributed by atoms with van der Waals surface area (Å²) in [6.45, 7) is 4.44. The third-order valence-corrected chi connectivity index (χ3v) is 3.60. The molecule has 0 aliphatic heterocycles. The van der Waals surface area contributed by atoms with Gasteiger partial charge in [-0.3, -0.25) is 4.79 Å². The van der Waals surface area contributed by atoms with Crippen molar-refractivity contribution in [2.75, 3.05) is 6.54 Å². The Balaban J connectivity index is 2.14. The summed E-state index contributed by atoms with van der Waals surface area (Å²) in [5, 5.41) is 3.12. The number of nitrogens with one attached hydrogen (secondary N) is 1. The first-order valence-corrected chi connectivity index (χ1v) is 6.21. The average Bonchev–Trinajstić information content (AvgIpc) is 2.65. The van der Waals surface area contributed by atoms with E-state index in [2.05, 4.69) is 30.4 Å². The fourth-order valence-corrected chi connectivity index (χ4v) is 2.42. The molecule has 2 rings (SSSR count). The number of amides is 1. The van der Waals surface area contributed by atoms with Crippen molar-refractivity contribution < 1.29 is 4.79 Å². The molecule has 3 unspecified atom stereocenters. The van der Waals surface area contributed by atoms with Gasteiger partial charge in [0.2, 0.25) is 5.91 Å². The van der Waals surface area contributed by atoms with E-state index < -0.39 is 0 Å². The fraction of sp³-hybridized carbons (Fsp3) is 0.500. The molecule has 0 saturated carbocycles. The second kappa shape index (κ2) is 4.88. The zero-order chi connectivity index (χ0) is 12.4. The van der Waals surface area contributed by atoms with Gasteiger partial charge in [-0.15, -0.1) is 0 Å². The third-order valence-electron chi connectivity index (χ3n) is 3.60. The minimum atomic E-state index is -0.116. The quantitative estimate of drug-likeness (QED) is 0.832. The zero-order valence-corrected chi connectivity index (χ0v) is 10.4. The Bertz CT molecular complexity index is 416. The van der Waals surface area contributed by atoms with E-state index in [-0.39, 0.29) is 17.9 Å². The Kier molecular flexibility index (Phi) is 3.48. The third kappa shape index (κ3) is 2.34. The lowest BCUT2D eigenvalue weighted by atomic mass is 10.0. The zero-order valence-electron chi connectivity index (χ0n) is 10.4. The second-order valence-corrected chi connectivity index (χ2v) is 5.00. The molecule has 1 aromatic rings. The standard InChI is InChI=1S/C14H20N2O/c1-9-7-11-5-3-4-6-12(11)13(9)16-14(17)10(2)8-15/h3-6,9-10,13H,7-8,15H2,1-2H3,(H,16,17). The molecule has 17 heavy (non-hydrogen) atoms. The van der Waals surface area contributed by atoms with Gasteiger partial charge in [0.1, 0.15) is 0 Å². The molecule has 0 aromatic heterocycles. The van der Waals surface area contributed by atoms with Crippen molar-refractivity contribution in [2.45, 2.75) is 26.3 Å². The number of hydrogen-bond donors (Lipinski definition) is 2. The van der Waals surface area contributed by atoms with Crippen LogP contribution in [-0.4, -0.2) is 12.5 Å². The van der Waals surface area contributed by atoms with Gasteiger partial charge in [-0.05, 0) is 23.5 Å². The highest BCUT2D eigenvalue weighted by Crippen LogP contribution is 2.35. The first-order valence-electron chi connectivity index (χ1n) is 6.21. The minimum Gasteiger partial charge on any atom is -0.349 e. The van der Waals surface area contributed by atoms with Crippen LogP contribution in [-0.2, 0) is 11.2 Å². The number of nitrogens with two attached hydrogens (primary N) is 1. The Hall–Kier alpha value is -1.35. The highest BCUT2D eigenvalue weighted by Gasteiger charge is 2.30. The van der Waals surface area contributed by atoms with Crippen LogP contribution in [0.2, 0.25) is 0 Å². The maximum absolute atomic E-state index is 11.9. The molecule has 3 heteroatoms. The summed E-state index contributed by atoms with van der Waals surface area (Å²) in [7, 11) is 0. The number of carbonyl (C=O) groups excluding carboxylic acids is 1. The van der Waals surface area contributed by atoms with Crippen molar-refractivity contribution in [3.63, 3.8) is 0 Å². The number of rotatable bonds is 3. The summed E-state index contributed by atoms with van der Waals surface area (Å²) in [6, 6.07) is 8.48. The van der Waals surface area contributed by atoms with E-state index in [1.807, 2.05) is 13.0 Å². The van der Waals surface area contributed by atoms with Crippen LogP contribution in [0.3, 0.4) is 0 Å². The van der Waals surface area contributed by atoms with Gasteiger partial charge in [0.15, 0.2) is 0 Å². The second-order valence-electron chi connectivity index (χ2n) is 5.00. The Morgan fingerprint density at radius 2 is 2.24 bits per heavy atom. The summed E-state index contributed by atoms with van der Waals surface area (Å²) in [4.78, 5) is 11.9. The molecular weight excluding hydrogens is 212 g/mol. The van der Waals surface area contributed by atoms with Gasteiger partial charge in [0, 0.05) is 12.5 Å². The molecule has 0 radical (unpaired) electrons. The summed E-state index contributed by atoms with van der Waals surface area (Å²) in [6.07, 6.45) is 1.04. The van der Waals surface area contributed by atoms with E-state index in [0.29, 0.717) is 12.5 Å². The molecule has 1 aliphatic rings. The summed E-state index contributed by atoms with van der Waals surface area (Å²) < 4.78 is 0. The Labute approximate surface area is 102 Å². The highest BCUT2D eigenvalue weighted by molar-refractivity contribution is 5.79. The number of fused-ring (bicyclic) bond motifs is 1. The maximum Gasteiger partial charge on any atom is 0.224 e. The summed E-state index contributed by atoms with van der Waals surface area (Å²) in [5.74, 6) is 0.400. The van der Waals surface area contributed by atoms with Crippen molar-refractivity contribution >= 4 is 5.91 Å².